The van der Waals surface area contributed by atoms with Crippen molar-refractivity contribution in [2.45, 2.75) is 147 Å². The standard InChI is InChI=1S/C36H51FN6.C4H10.C3H8.2C2H6/c1-6-28-9-10-32-31(24-28)36(34(25-38-32)39(5)33-11-8-26(3)27(4)35(33)37)43-18-14-30(15-19-43)42-22-20-41(21-23-42)29-12-16-40(7-2)17-13-29;1-3-4-2;1-3-2;2*1-2/h8-11,24-25,29-30H,6-7,12-23H2,1-5H3;3-4H2,1-2H3;3H2,1-2H3;2*1-2H3. The maximum Gasteiger partial charge on any atom is 0.149 e. The summed E-state index contributed by atoms with van der Waals surface area (Å²) in [6.07, 6.45) is 11.8. The maximum absolute atomic E-state index is 15.6. The minimum Gasteiger partial charge on any atom is -0.369 e. The van der Waals surface area contributed by atoms with E-state index < -0.39 is 0 Å². The summed E-state index contributed by atoms with van der Waals surface area (Å²) in [4.78, 5) is 17.6. The van der Waals surface area contributed by atoms with Gasteiger partial charge < -0.3 is 14.7 Å². The molecule has 3 saturated heterocycles. The van der Waals surface area contributed by atoms with E-state index in [-0.39, 0.29) is 5.82 Å². The molecule has 0 bridgehead atoms. The molecule has 306 valence electrons. The molecule has 6 nitrogen and oxygen atoms in total. The van der Waals surface area contributed by atoms with Gasteiger partial charge in [0.2, 0.25) is 0 Å². The second kappa shape index (κ2) is 25.4. The van der Waals surface area contributed by atoms with Crippen LogP contribution in [0.4, 0.5) is 21.5 Å². The number of likely N-dealkylation sites (tertiary alicyclic amines) is 1. The number of pyridine rings is 1. The summed E-state index contributed by atoms with van der Waals surface area (Å²) in [5.41, 5.74) is 6.77. The molecule has 2 aromatic carbocycles. The fourth-order valence-corrected chi connectivity index (χ4v) is 7.69. The first-order valence-corrected chi connectivity index (χ1v) is 22.1. The number of benzene rings is 2. The summed E-state index contributed by atoms with van der Waals surface area (Å²) < 4.78 is 15.6. The highest BCUT2D eigenvalue weighted by Crippen LogP contribution is 2.41. The number of unbranched alkanes of at least 4 members (excludes halogenated alkanes) is 1. The zero-order chi connectivity index (χ0) is 40.2. The number of halogens is 1. The van der Waals surface area contributed by atoms with Gasteiger partial charge in [-0.05, 0) is 100 Å². The highest BCUT2D eigenvalue weighted by molar-refractivity contribution is 6.00. The van der Waals surface area contributed by atoms with Crippen LogP contribution in [-0.4, -0.2) is 97.7 Å². The summed E-state index contributed by atoms with van der Waals surface area (Å²) >= 11 is 0. The Kier molecular flexibility index (Phi) is 22.3. The lowest BCUT2D eigenvalue weighted by molar-refractivity contribution is 0.0384. The van der Waals surface area contributed by atoms with E-state index in [2.05, 4.69) is 79.3 Å². The van der Waals surface area contributed by atoms with E-state index in [1.165, 1.54) is 94.6 Å². The van der Waals surface area contributed by atoms with E-state index in [1.807, 2.05) is 71.8 Å². The van der Waals surface area contributed by atoms with Crippen LogP contribution in [0.15, 0.2) is 36.5 Å². The van der Waals surface area contributed by atoms with E-state index in [0.29, 0.717) is 17.3 Å². The molecular weight excluding hydrogens is 668 g/mol. The van der Waals surface area contributed by atoms with Crippen molar-refractivity contribution in [3.63, 3.8) is 0 Å². The predicted octanol–water partition coefficient (Wildman–Crippen LogP) is 11.7. The molecule has 3 aliphatic heterocycles. The van der Waals surface area contributed by atoms with Crippen molar-refractivity contribution in [1.82, 2.24) is 19.7 Å². The van der Waals surface area contributed by atoms with Gasteiger partial charge >= 0.3 is 0 Å². The van der Waals surface area contributed by atoms with Crippen LogP contribution in [0, 0.1) is 19.7 Å². The number of hydrogen-bond donors (Lipinski definition) is 0. The molecular formula is C47H81FN6. The Morgan fingerprint density at radius 2 is 1.22 bits per heavy atom. The highest BCUT2D eigenvalue weighted by atomic mass is 19.1. The fraction of sp³-hybridized carbons (Fsp3) is 0.681. The third kappa shape index (κ3) is 12.6. The summed E-state index contributed by atoms with van der Waals surface area (Å²) in [6, 6.07) is 12.0. The van der Waals surface area contributed by atoms with Gasteiger partial charge in [0.15, 0.2) is 0 Å². The van der Waals surface area contributed by atoms with Gasteiger partial charge in [-0.1, -0.05) is 101 Å². The highest BCUT2D eigenvalue weighted by Gasteiger charge is 2.32. The maximum atomic E-state index is 15.6. The Labute approximate surface area is 332 Å². The molecule has 6 rings (SSSR count). The summed E-state index contributed by atoms with van der Waals surface area (Å²) in [5.74, 6) is -0.148. The van der Waals surface area contributed by atoms with Crippen molar-refractivity contribution in [3.05, 3.63) is 59.0 Å². The van der Waals surface area contributed by atoms with Crippen LogP contribution < -0.4 is 9.80 Å². The lowest BCUT2D eigenvalue weighted by Gasteiger charge is -2.46. The zero-order valence-corrected chi connectivity index (χ0v) is 37.2. The number of aromatic nitrogens is 1. The number of aryl methyl sites for hydroxylation is 2. The van der Waals surface area contributed by atoms with Crippen LogP contribution in [0.2, 0.25) is 0 Å². The second-order valence-corrected chi connectivity index (χ2v) is 14.8. The van der Waals surface area contributed by atoms with E-state index in [4.69, 9.17) is 4.98 Å². The van der Waals surface area contributed by atoms with Crippen molar-refractivity contribution in [2.75, 3.05) is 75.8 Å². The zero-order valence-electron chi connectivity index (χ0n) is 37.2. The van der Waals surface area contributed by atoms with Crippen molar-refractivity contribution in [1.29, 1.82) is 0 Å². The lowest BCUT2D eigenvalue weighted by atomic mass is 9.98. The number of rotatable bonds is 8. The number of nitrogens with zero attached hydrogens (tertiary/aromatic N) is 6. The van der Waals surface area contributed by atoms with Crippen LogP contribution in [0.5, 0.6) is 0 Å². The van der Waals surface area contributed by atoms with Crippen molar-refractivity contribution >= 4 is 28.0 Å². The Morgan fingerprint density at radius 3 is 1.70 bits per heavy atom. The predicted molar refractivity (Wildman–Crippen MR) is 238 cm³/mol. The SMILES string of the molecule is CC.CC.CCC.CCCC.CCc1ccc2ncc(N(C)c3ccc(C)c(C)c3F)c(N3CCC(N4CCN(C5CCN(CC)CC5)CC4)CC3)c2c1. The van der Waals surface area contributed by atoms with Gasteiger partial charge in [-0.25, -0.2) is 4.39 Å². The van der Waals surface area contributed by atoms with Gasteiger partial charge in [-0.3, -0.25) is 14.8 Å². The number of piperazine rings is 1. The van der Waals surface area contributed by atoms with Gasteiger partial charge in [0, 0.05) is 63.8 Å². The molecule has 0 amide bonds. The largest absolute Gasteiger partial charge is 0.369 e. The molecule has 54 heavy (non-hydrogen) atoms. The molecule has 3 fully saturated rings. The molecule has 0 spiro atoms. The molecule has 0 saturated carbocycles. The lowest BCUT2D eigenvalue weighted by Crippen LogP contribution is -2.56. The molecule has 7 heteroatoms. The van der Waals surface area contributed by atoms with Crippen LogP contribution in [0.3, 0.4) is 0 Å². The minimum atomic E-state index is -0.148. The second-order valence-electron chi connectivity index (χ2n) is 14.8. The summed E-state index contributed by atoms with van der Waals surface area (Å²) in [7, 11) is 1.99. The first kappa shape index (κ1) is 47.4. The average Bonchev–Trinajstić information content (AvgIpc) is 3.24. The number of piperidine rings is 2. The smallest absolute Gasteiger partial charge is 0.149 e. The molecule has 1 aromatic heterocycles. The van der Waals surface area contributed by atoms with Gasteiger partial charge in [-0.15, -0.1) is 0 Å². The van der Waals surface area contributed by atoms with Gasteiger partial charge in [0.1, 0.15) is 5.82 Å². The third-order valence-corrected chi connectivity index (χ3v) is 11.3. The van der Waals surface area contributed by atoms with E-state index in [9.17, 15) is 0 Å². The molecule has 0 radical (unpaired) electrons. The van der Waals surface area contributed by atoms with E-state index in [1.54, 1.807) is 0 Å². The molecule has 0 aliphatic carbocycles. The van der Waals surface area contributed by atoms with Crippen molar-refractivity contribution < 1.29 is 4.39 Å². The number of fused-ring (bicyclic) bond motifs is 1. The van der Waals surface area contributed by atoms with Crippen LogP contribution in [0.1, 0.15) is 131 Å². The van der Waals surface area contributed by atoms with Gasteiger partial charge in [0.05, 0.1) is 28.8 Å². The van der Waals surface area contributed by atoms with Gasteiger partial charge in [0.25, 0.3) is 0 Å². The fourth-order valence-electron chi connectivity index (χ4n) is 7.69. The minimum absolute atomic E-state index is 0.148. The molecule has 3 aromatic rings. The molecule has 0 atom stereocenters. The van der Waals surface area contributed by atoms with Crippen molar-refractivity contribution in [3.8, 4) is 0 Å². The van der Waals surface area contributed by atoms with Crippen LogP contribution in [-0.2, 0) is 6.42 Å². The molecule has 3 aliphatic rings. The third-order valence-electron chi connectivity index (χ3n) is 11.3. The van der Waals surface area contributed by atoms with Crippen LogP contribution in [0.25, 0.3) is 10.9 Å². The van der Waals surface area contributed by atoms with E-state index >= 15 is 4.39 Å². The number of hydrogen-bond acceptors (Lipinski definition) is 6. The summed E-state index contributed by atoms with van der Waals surface area (Å²) in [5, 5.41) is 1.18. The molecule has 4 heterocycles. The van der Waals surface area contributed by atoms with Crippen molar-refractivity contribution in [2.24, 2.45) is 0 Å². The van der Waals surface area contributed by atoms with E-state index in [0.717, 1.165) is 55.2 Å². The molecule has 0 N–H and O–H groups in total. The monoisotopic (exact) mass is 749 g/mol. The Morgan fingerprint density at radius 1 is 0.704 bits per heavy atom. The van der Waals surface area contributed by atoms with Gasteiger partial charge in [-0.2, -0.15) is 0 Å². The first-order chi connectivity index (χ1) is 26.2. The average molecular weight is 749 g/mol. The molecule has 0 unspecified atom stereocenters. The quantitative estimate of drug-likeness (QED) is 0.228. The Bertz CT molecular complexity index is 1450. The Balaban J connectivity index is 0.000000825. The normalized spacial score (nSPS) is 17.3. The van der Waals surface area contributed by atoms with Crippen LogP contribution >= 0.6 is 0 Å². The Hall–Kier alpha value is -2.74. The number of anilines is 3. The first-order valence-electron chi connectivity index (χ1n) is 22.1. The summed E-state index contributed by atoms with van der Waals surface area (Å²) in [6.45, 7) is 35.5. The topological polar surface area (TPSA) is 29.1 Å².